The van der Waals surface area contributed by atoms with Crippen molar-refractivity contribution in [2.45, 2.75) is 33.1 Å². The maximum absolute atomic E-state index is 9.26. The topological polar surface area (TPSA) is 67.4 Å². The number of imidazole rings is 1. The second-order valence-electron chi connectivity index (χ2n) is 5.26. The molecule has 0 atom stereocenters. The number of fused-ring (bicyclic) bond motifs is 1. The predicted molar refractivity (Wildman–Crippen MR) is 84.7 cm³/mol. The Labute approximate surface area is 129 Å². The van der Waals surface area contributed by atoms with Crippen LogP contribution >= 0.6 is 0 Å². The summed E-state index contributed by atoms with van der Waals surface area (Å²) < 4.78 is 2.06. The lowest BCUT2D eigenvalue weighted by atomic mass is 10.1. The fourth-order valence-corrected chi connectivity index (χ4v) is 2.62. The zero-order chi connectivity index (χ0) is 15.5. The first-order valence-corrected chi connectivity index (χ1v) is 7.43. The van der Waals surface area contributed by atoms with Crippen LogP contribution in [0.5, 0.6) is 0 Å². The lowest BCUT2D eigenvalue weighted by molar-refractivity contribution is 0.742. The summed E-state index contributed by atoms with van der Waals surface area (Å²) in [6, 6.07) is 7.98. The maximum atomic E-state index is 9.26. The molecule has 2 heterocycles. The Balaban J connectivity index is 2.27. The summed E-state index contributed by atoms with van der Waals surface area (Å²) >= 11 is 0. The highest BCUT2D eigenvalue weighted by Gasteiger charge is 2.16. The molecule has 3 rings (SSSR count). The summed E-state index contributed by atoms with van der Waals surface area (Å²) in [6.45, 7) is 4.12. The average Bonchev–Trinajstić information content (AvgIpc) is 2.91. The highest BCUT2D eigenvalue weighted by atomic mass is 15.1. The Bertz CT molecular complexity index is 857. The summed E-state index contributed by atoms with van der Waals surface area (Å²) in [4.78, 5) is 13.1. The van der Waals surface area contributed by atoms with Gasteiger partial charge in [0.2, 0.25) is 0 Å². The second-order valence-corrected chi connectivity index (χ2v) is 5.26. The largest absolute Gasteiger partial charge is 0.280 e. The van der Waals surface area contributed by atoms with E-state index in [1.165, 1.54) is 6.33 Å². The molecule has 0 saturated heterocycles. The van der Waals surface area contributed by atoms with Gasteiger partial charge >= 0.3 is 0 Å². The zero-order valence-corrected chi connectivity index (χ0v) is 12.7. The third-order valence-corrected chi connectivity index (χ3v) is 3.81. The average molecular weight is 291 g/mol. The number of rotatable bonds is 4. The number of aromatic nitrogens is 4. The minimum Gasteiger partial charge on any atom is -0.280 e. The molecule has 0 saturated carbocycles. The van der Waals surface area contributed by atoms with E-state index in [1.807, 2.05) is 25.1 Å². The molecule has 0 radical (unpaired) electrons. The first-order chi connectivity index (χ1) is 10.8. The van der Waals surface area contributed by atoms with Crippen LogP contribution in [0.15, 0.2) is 30.7 Å². The van der Waals surface area contributed by atoms with Crippen LogP contribution in [0.25, 0.3) is 16.9 Å². The summed E-state index contributed by atoms with van der Waals surface area (Å²) in [6.07, 6.45) is 6.31. The quantitative estimate of drug-likeness (QED) is 0.739. The number of hydrogen-bond acceptors (Lipinski definition) is 4. The van der Waals surface area contributed by atoms with E-state index in [0.717, 1.165) is 47.5 Å². The van der Waals surface area contributed by atoms with E-state index in [9.17, 15) is 5.26 Å². The Hall–Kier alpha value is -2.74. The smallest absolute Gasteiger partial charge is 0.168 e. The van der Waals surface area contributed by atoms with Gasteiger partial charge in [0.15, 0.2) is 5.65 Å². The van der Waals surface area contributed by atoms with Crippen LogP contribution in [-0.2, 0) is 6.42 Å². The van der Waals surface area contributed by atoms with Crippen LogP contribution in [0.1, 0.15) is 36.7 Å². The number of unbranched alkanes of at least 4 members (excludes halogenated alkanes) is 1. The van der Waals surface area contributed by atoms with Gasteiger partial charge in [-0.15, -0.1) is 0 Å². The summed E-state index contributed by atoms with van der Waals surface area (Å²) in [5.41, 5.74) is 4.16. The molecule has 0 amide bonds. The van der Waals surface area contributed by atoms with Crippen molar-refractivity contribution in [1.82, 2.24) is 19.5 Å². The second kappa shape index (κ2) is 5.94. The van der Waals surface area contributed by atoms with E-state index in [2.05, 4.69) is 32.5 Å². The molecule has 0 spiro atoms. The number of aryl methyl sites for hydroxylation is 1. The lowest BCUT2D eigenvalue weighted by Gasteiger charge is -2.12. The molecule has 0 N–H and O–H groups in total. The molecule has 0 bridgehead atoms. The van der Waals surface area contributed by atoms with Crippen LogP contribution < -0.4 is 0 Å². The summed E-state index contributed by atoms with van der Waals surface area (Å²) in [5.74, 6) is 0.968. The molecular formula is C17H17N5. The standard InChI is InChI=1S/C17H17N5/c1-3-4-8-16-21-14-10-19-11-20-17(14)22(16)15-7-5-6-13(9-18)12(15)2/h5-7,10-11H,3-4,8H2,1-2H3. The molecule has 5 heteroatoms. The van der Waals surface area contributed by atoms with Gasteiger partial charge in [-0.1, -0.05) is 19.4 Å². The fraction of sp³-hybridized carbons (Fsp3) is 0.294. The summed E-state index contributed by atoms with van der Waals surface area (Å²) in [7, 11) is 0. The normalized spacial score (nSPS) is 10.8. The first kappa shape index (κ1) is 14.2. The molecule has 1 aromatic carbocycles. The Morgan fingerprint density at radius 1 is 1.32 bits per heavy atom. The highest BCUT2D eigenvalue weighted by molar-refractivity contribution is 5.73. The predicted octanol–water partition coefficient (Wildman–Crippen LogP) is 3.34. The van der Waals surface area contributed by atoms with Crippen molar-refractivity contribution in [1.29, 1.82) is 5.26 Å². The Morgan fingerprint density at radius 2 is 2.18 bits per heavy atom. The number of benzene rings is 1. The first-order valence-electron chi connectivity index (χ1n) is 7.43. The fourth-order valence-electron chi connectivity index (χ4n) is 2.62. The lowest BCUT2D eigenvalue weighted by Crippen LogP contribution is -2.05. The van der Waals surface area contributed by atoms with E-state index >= 15 is 0 Å². The number of nitriles is 1. The van der Waals surface area contributed by atoms with Gasteiger partial charge in [-0.3, -0.25) is 4.57 Å². The molecule has 110 valence electrons. The van der Waals surface area contributed by atoms with E-state index in [4.69, 9.17) is 0 Å². The third kappa shape index (κ3) is 2.33. The van der Waals surface area contributed by atoms with Gasteiger partial charge in [-0.05, 0) is 31.0 Å². The van der Waals surface area contributed by atoms with E-state index in [1.54, 1.807) is 6.20 Å². The molecule has 0 unspecified atom stereocenters. The van der Waals surface area contributed by atoms with E-state index < -0.39 is 0 Å². The van der Waals surface area contributed by atoms with Crippen LogP contribution in [0.2, 0.25) is 0 Å². The molecule has 0 aliphatic rings. The maximum Gasteiger partial charge on any atom is 0.168 e. The highest BCUT2D eigenvalue weighted by Crippen LogP contribution is 2.24. The SMILES string of the molecule is CCCCc1nc2cncnc2n1-c1cccc(C#N)c1C. The number of nitrogens with zero attached hydrogens (tertiary/aromatic N) is 5. The van der Waals surface area contributed by atoms with E-state index in [-0.39, 0.29) is 0 Å². The number of hydrogen-bond donors (Lipinski definition) is 0. The van der Waals surface area contributed by atoms with Gasteiger partial charge in [0.05, 0.1) is 23.5 Å². The zero-order valence-electron chi connectivity index (χ0n) is 12.7. The Morgan fingerprint density at radius 3 is 2.95 bits per heavy atom. The van der Waals surface area contributed by atoms with Gasteiger partial charge in [-0.2, -0.15) is 5.26 Å². The minimum absolute atomic E-state index is 0.676. The van der Waals surface area contributed by atoms with Crippen molar-refractivity contribution in [3.8, 4) is 11.8 Å². The molecule has 22 heavy (non-hydrogen) atoms. The third-order valence-electron chi connectivity index (χ3n) is 3.81. The monoisotopic (exact) mass is 291 g/mol. The molecule has 0 aliphatic carbocycles. The van der Waals surface area contributed by atoms with Crippen molar-refractivity contribution in [3.63, 3.8) is 0 Å². The van der Waals surface area contributed by atoms with Gasteiger partial charge in [0.25, 0.3) is 0 Å². The van der Waals surface area contributed by atoms with Crippen molar-refractivity contribution in [2.24, 2.45) is 0 Å². The van der Waals surface area contributed by atoms with Gasteiger partial charge in [0, 0.05) is 6.42 Å². The molecule has 3 aromatic rings. The van der Waals surface area contributed by atoms with Gasteiger partial charge in [-0.25, -0.2) is 15.0 Å². The van der Waals surface area contributed by atoms with Crippen LogP contribution in [0.3, 0.4) is 0 Å². The van der Waals surface area contributed by atoms with Crippen molar-refractivity contribution >= 4 is 11.2 Å². The Kier molecular flexibility index (Phi) is 3.84. The summed E-state index contributed by atoms with van der Waals surface area (Å²) in [5, 5.41) is 9.26. The van der Waals surface area contributed by atoms with Crippen LogP contribution in [-0.4, -0.2) is 19.5 Å². The van der Waals surface area contributed by atoms with Crippen molar-refractivity contribution in [2.75, 3.05) is 0 Å². The molecule has 2 aromatic heterocycles. The van der Waals surface area contributed by atoms with Crippen molar-refractivity contribution in [3.05, 3.63) is 47.7 Å². The minimum atomic E-state index is 0.676. The molecule has 0 fully saturated rings. The van der Waals surface area contributed by atoms with Gasteiger partial charge < -0.3 is 0 Å². The van der Waals surface area contributed by atoms with E-state index in [0.29, 0.717) is 5.56 Å². The molecule has 0 aliphatic heterocycles. The molecular weight excluding hydrogens is 274 g/mol. The van der Waals surface area contributed by atoms with Crippen molar-refractivity contribution < 1.29 is 0 Å². The van der Waals surface area contributed by atoms with Crippen LogP contribution in [0.4, 0.5) is 0 Å². The van der Waals surface area contributed by atoms with Gasteiger partial charge in [0.1, 0.15) is 17.7 Å². The molecule has 5 nitrogen and oxygen atoms in total. The van der Waals surface area contributed by atoms with Crippen LogP contribution in [0, 0.1) is 18.3 Å².